The predicted molar refractivity (Wildman–Crippen MR) is 65.6 cm³/mol. The quantitative estimate of drug-likeness (QED) is 0.475. The molecule has 3 N–H and O–H groups in total. The molecule has 0 unspecified atom stereocenters. The Balaban J connectivity index is 2.70. The molecule has 0 aliphatic rings. The lowest BCUT2D eigenvalue weighted by Gasteiger charge is -2.14. The van der Waals surface area contributed by atoms with Crippen molar-refractivity contribution in [3.63, 3.8) is 0 Å². The lowest BCUT2D eigenvalue weighted by atomic mass is 10.1. The lowest BCUT2D eigenvalue weighted by molar-refractivity contribution is -0.138. The smallest absolute Gasteiger partial charge is 0.320 e. The number of hydrogen-bond acceptors (Lipinski definition) is 6. The van der Waals surface area contributed by atoms with Crippen LogP contribution in [0.25, 0.3) is 0 Å². The third-order valence-corrected chi connectivity index (χ3v) is 2.64. The van der Waals surface area contributed by atoms with E-state index in [1.54, 1.807) is 24.3 Å². The fraction of sp³-hybridized carbons (Fsp3) is 0.300. The first-order valence-corrected chi connectivity index (χ1v) is 6.13. The van der Waals surface area contributed by atoms with Gasteiger partial charge in [0.1, 0.15) is 6.04 Å². The van der Waals surface area contributed by atoms with Gasteiger partial charge < -0.3 is 10.8 Å². The van der Waals surface area contributed by atoms with Crippen LogP contribution < -0.4 is 10.8 Å². The van der Waals surface area contributed by atoms with Gasteiger partial charge in [-0.2, -0.15) is 4.28 Å². The van der Waals surface area contributed by atoms with E-state index in [0.717, 1.165) is 10.6 Å². The molecule has 0 amide bonds. The molecule has 0 bridgehead atoms. The molecule has 8 heteroatoms. The van der Waals surface area contributed by atoms with E-state index in [2.05, 4.69) is 4.28 Å². The molecule has 0 saturated carbocycles. The molecule has 0 spiro atoms. The van der Waals surface area contributed by atoms with Crippen molar-refractivity contribution in [2.75, 3.05) is 12.1 Å². The van der Waals surface area contributed by atoms with Gasteiger partial charge in [0, 0.05) is 7.05 Å². The van der Waals surface area contributed by atoms with Crippen molar-refractivity contribution in [3.8, 4) is 0 Å². The second-order valence-electron chi connectivity index (χ2n) is 3.62. The number of thiol groups is 1. The molecule has 0 aliphatic heterocycles. The minimum absolute atomic E-state index is 0.204. The maximum atomic E-state index is 10.6. The monoisotopic (exact) mass is 274 g/mol. The second-order valence-corrected chi connectivity index (χ2v) is 4.23. The summed E-state index contributed by atoms with van der Waals surface area (Å²) < 4.78 is 25.2. The highest BCUT2D eigenvalue weighted by molar-refractivity contribution is 7.67. The van der Waals surface area contributed by atoms with E-state index in [0.29, 0.717) is 5.69 Å². The van der Waals surface area contributed by atoms with E-state index in [1.807, 2.05) is 0 Å². The molecule has 0 fully saturated rings. The van der Waals surface area contributed by atoms with Crippen LogP contribution in [0, 0.1) is 0 Å². The third kappa shape index (κ3) is 4.32. The van der Waals surface area contributed by atoms with Crippen LogP contribution in [0.4, 0.5) is 5.69 Å². The Morgan fingerprint density at radius 2 is 2.00 bits per heavy atom. The van der Waals surface area contributed by atoms with Gasteiger partial charge in [-0.3, -0.25) is 4.79 Å². The summed E-state index contributed by atoms with van der Waals surface area (Å²) in [4.78, 5) is 10.6. The summed E-state index contributed by atoms with van der Waals surface area (Å²) in [6.45, 7) is 0. The number of nitrogens with zero attached hydrogens (tertiary/aromatic N) is 1. The van der Waals surface area contributed by atoms with Crippen LogP contribution in [0.1, 0.15) is 5.56 Å². The molecule has 0 radical (unpaired) electrons. The van der Waals surface area contributed by atoms with E-state index >= 15 is 0 Å². The number of hydrogen-bond donors (Lipinski definition) is 3. The van der Waals surface area contributed by atoms with Gasteiger partial charge in [0.2, 0.25) is 0 Å². The topological polar surface area (TPSA) is 110 Å². The van der Waals surface area contributed by atoms with Crippen molar-refractivity contribution < 1.29 is 22.6 Å². The fourth-order valence-corrected chi connectivity index (χ4v) is 1.62. The molecule has 1 aromatic rings. The Morgan fingerprint density at radius 1 is 1.44 bits per heavy atom. The van der Waals surface area contributed by atoms with Gasteiger partial charge in [-0.25, -0.2) is 13.5 Å². The standard InChI is InChI=1S/C10H14N2O5S/c1-12(17-18(15)16)8-4-2-7(3-5-8)6-9(11)10(13)14/h2-5,9,18H,6,11H2,1H3,(H,13,14)/t9-/m0/s1. The summed E-state index contributed by atoms with van der Waals surface area (Å²) in [6, 6.07) is 5.60. The number of anilines is 1. The second kappa shape index (κ2) is 6.34. The summed E-state index contributed by atoms with van der Waals surface area (Å²) in [5, 5.41) is 9.75. The van der Waals surface area contributed by atoms with E-state index in [9.17, 15) is 13.2 Å². The highest BCUT2D eigenvalue weighted by Gasteiger charge is 2.12. The largest absolute Gasteiger partial charge is 0.480 e. The molecular weight excluding hydrogens is 260 g/mol. The summed E-state index contributed by atoms with van der Waals surface area (Å²) in [5.41, 5.74) is 6.67. The molecule has 1 atom stereocenters. The highest BCUT2D eigenvalue weighted by atomic mass is 32.2. The minimum Gasteiger partial charge on any atom is -0.480 e. The predicted octanol–water partition coefficient (Wildman–Crippen LogP) is -0.465. The Morgan fingerprint density at radius 3 is 2.44 bits per heavy atom. The van der Waals surface area contributed by atoms with Crippen molar-refractivity contribution in [2.45, 2.75) is 12.5 Å². The molecule has 0 aromatic heterocycles. The zero-order chi connectivity index (χ0) is 13.7. The SMILES string of the molecule is CN(O[SH](=O)=O)c1ccc(C[C@H](N)C(=O)O)cc1. The summed E-state index contributed by atoms with van der Waals surface area (Å²) in [7, 11) is -1.52. The van der Waals surface area contributed by atoms with Crippen LogP contribution in [0.15, 0.2) is 24.3 Å². The number of benzene rings is 1. The lowest BCUT2D eigenvalue weighted by Crippen LogP contribution is -2.32. The Hall–Kier alpha value is -1.64. The summed E-state index contributed by atoms with van der Waals surface area (Å²) in [6.07, 6.45) is 0.204. The van der Waals surface area contributed by atoms with Crippen LogP contribution >= 0.6 is 0 Å². The first-order valence-electron chi connectivity index (χ1n) is 5.03. The summed E-state index contributed by atoms with van der Waals surface area (Å²) in [5.74, 6) is -1.07. The molecule has 1 aromatic carbocycles. The molecule has 1 rings (SSSR count). The van der Waals surface area contributed by atoms with Gasteiger partial charge in [-0.15, -0.1) is 0 Å². The molecule has 7 nitrogen and oxygen atoms in total. The number of aliphatic carboxylic acids is 1. The van der Waals surface area contributed by atoms with Gasteiger partial charge >= 0.3 is 5.97 Å². The van der Waals surface area contributed by atoms with Gasteiger partial charge in [-0.1, -0.05) is 12.1 Å². The average Bonchev–Trinajstić information content (AvgIpc) is 2.28. The third-order valence-electron chi connectivity index (χ3n) is 2.26. The first kappa shape index (κ1) is 14.4. The van der Waals surface area contributed by atoms with Gasteiger partial charge in [0.15, 0.2) is 0 Å². The van der Waals surface area contributed by atoms with Crippen LogP contribution in [0.3, 0.4) is 0 Å². The van der Waals surface area contributed by atoms with E-state index < -0.39 is 23.0 Å². The Labute approximate surface area is 106 Å². The van der Waals surface area contributed by atoms with Crippen molar-refractivity contribution >= 4 is 22.6 Å². The fourth-order valence-electron chi connectivity index (χ4n) is 1.33. The summed E-state index contributed by atoms with van der Waals surface area (Å²) >= 11 is 0. The van der Waals surface area contributed by atoms with Crippen LogP contribution in [0.2, 0.25) is 0 Å². The Kier molecular flexibility index (Phi) is 5.08. The number of rotatable bonds is 6. The highest BCUT2D eigenvalue weighted by Crippen LogP contribution is 2.15. The number of nitrogens with two attached hydrogens (primary N) is 1. The van der Waals surface area contributed by atoms with Gasteiger partial charge in [0.05, 0.1) is 5.69 Å². The van der Waals surface area contributed by atoms with Gasteiger partial charge in [-0.05, 0) is 24.1 Å². The normalized spacial score (nSPS) is 12.4. The average molecular weight is 274 g/mol. The molecule has 0 saturated heterocycles. The first-order chi connectivity index (χ1) is 8.40. The molecule has 100 valence electrons. The number of carbonyl (C=O) groups is 1. The molecular formula is C10H14N2O5S. The van der Waals surface area contributed by atoms with E-state index in [1.165, 1.54) is 7.05 Å². The maximum Gasteiger partial charge on any atom is 0.320 e. The van der Waals surface area contributed by atoms with Crippen molar-refractivity contribution in [3.05, 3.63) is 29.8 Å². The Bertz CT molecular complexity index is 478. The zero-order valence-corrected chi connectivity index (χ0v) is 10.5. The molecule has 18 heavy (non-hydrogen) atoms. The van der Waals surface area contributed by atoms with E-state index in [4.69, 9.17) is 10.8 Å². The van der Waals surface area contributed by atoms with Crippen molar-refractivity contribution in [1.82, 2.24) is 0 Å². The number of carboxylic acid groups (broad SMARTS) is 1. The molecule has 0 aliphatic carbocycles. The zero-order valence-electron chi connectivity index (χ0n) is 9.65. The number of carboxylic acids is 1. The van der Waals surface area contributed by atoms with Gasteiger partial charge in [0.25, 0.3) is 11.0 Å². The van der Waals surface area contributed by atoms with Crippen LogP contribution in [-0.4, -0.2) is 32.6 Å². The minimum atomic E-state index is -2.97. The van der Waals surface area contributed by atoms with E-state index in [-0.39, 0.29) is 6.42 Å². The molecule has 0 heterocycles. The van der Waals surface area contributed by atoms with Crippen LogP contribution in [0.5, 0.6) is 0 Å². The number of hydroxylamine groups is 1. The van der Waals surface area contributed by atoms with Crippen LogP contribution in [-0.2, 0) is 26.5 Å². The van der Waals surface area contributed by atoms with Crippen molar-refractivity contribution in [2.24, 2.45) is 5.73 Å². The maximum absolute atomic E-state index is 10.6. The van der Waals surface area contributed by atoms with Crippen molar-refractivity contribution in [1.29, 1.82) is 0 Å².